The van der Waals surface area contributed by atoms with E-state index in [9.17, 15) is 9.59 Å². The molecule has 2 fully saturated rings. The van der Waals surface area contributed by atoms with Crippen LogP contribution in [0.5, 0.6) is 0 Å². The summed E-state index contributed by atoms with van der Waals surface area (Å²) in [7, 11) is 0. The van der Waals surface area contributed by atoms with Gasteiger partial charge in [-0.25, -0.2) is 0 Å². The Bertz CT molecular complexity index is 1280. The zero-order chi connectivity index (χ0) is 26.8. The summed E-state index contributed by atoms with van der Waals surface area (Å²) in [5.74, 6) is 0.671. The van der Waals surface area contributed by atoms with E-state index in [0.717, 1.165) is 103 Å². The summed E-state index contributed by atoms with van der Waals surface area (Å²) < 4.78 is 13.3. The molecule has 0 saturated carbocycles. The Hall–Kier alpha value is -2.77. The fraction of sp³-hybridized carbons (Fsp3) is 0.581. The normalized spacial score (nSPS) is 20.9. The Labute approximate surface area is 225 Å². The molecule has 0 spiro atoms. The number of allylic oxidation sites excluding steroid dienone is 4. The molecule has 204 valence electrons. The van der Waals surface area contributed by atoms with Gasteiger partial charge in [-0.1, -0.05) is 11.6 Å². The third-order valence-corrected chi connectivity index (χ3v) is 8.51. The van der Waals surface area contributed by atoms with Crippen LogP contribution in [0.1, 0.15) is 75.2 Å². The molecule has 0 amide bonds. The molecule has 1 aliphatic carbocycles. The molecule has 2 aliphatic heterocycles. The monoisotopic (exact) mass is 519 g/mol. The summed E-state index contributed by atoms with van der Waals surface area (Å²) in [6, 6.07) is 2.42. The number of anilines is 1. The van der Waals surface area contributed by atoms with Gasteiger partial charge in [0, 0.05) is 68.7 Å². The van der Waals surface area contributed by atoms with Crippen molar-refractivity contribution in [3.8, 4) is 0 Å². The van der Waals surface area contributed by atoms with Crippen LogP contribution in [0.4, 0.5) is 5.69 Å². The molecule has 0 radical (unpaired) electrons. The number of benzene rings is 1. The first kappa shape index (κ1) is 26.8. The Morgan fingerprint density at radius 1 is 1.13 bits per heavy atom. The number of rotatable bonds is 9. The molecule has 5 rings (SSSR count). The lowest BCUT2D eigenvalue weighted by Crippen LogP contribution is -2.40. The number of carbonyl (C=O) groups excluding carboxylic acids is 2. The van der Waals surface area contributed by atoms with Gasteiger partial charge in [-0.2, -0.15) is 5.10 Å². The highest BCUT2D eigenvalue weighted by Crippen LogP contribution is 2.37. The first-order valence-electron chi connectivity index (χ1n) is 14.2. The fourth-order valence-electron chi connectivity index (χ4n) is 6.47. The number of nitrogens with zero attached hydrogens (tertiary/aromatic N) is 3. The number of aromatic nitrogens is 2. The summed E-state index contributed by atoms with van der Waals surface area (Å²) >= 11 is 0. The Balaban J connectivity index is 1.53. The second kappa shape index (κ2) is 11.5. The van der Waals surface area contributed by atoms with E-state index in [0.29, 0.717) is 31.2 Å². The molecule has 0 bridgehead atoms. The largest absolute Gasteiger partial charge is 0.381 e. The van der Waals surface area contributed by atoms with Crippen LogP contribution in [-0.2, 0) is 20.8 Å². The van der Waals surface area contributed by atoms with E-state index in [-0.39, 0.29) is 11.6 Å². The lowest BCUT2D eigenvalue weighted by molar-refractivity contribution is -0.115. The van der Waals surface area contributed by atoms with Gasteiger partial charge in [0.25, 0.3) is 0 Å². The van der Waals surface area contributed by atoms with Gasteiger partial charge in [-0.05, 0) is 76.2 Å². The van der Waals surface area contributed by atoms with Crippen molar-refractivity contribution in [2.75, 3.05) is 37.9 Å². The van der Waals surface area contributed by atoms with Crippen molar-refractivity contribution in [3.05, 3.63) is 46.2 Å². The standard InChI is InChI=1S/C31H41N3O4/c1-5-33(24-9-12-37-13-10-24)31-22(4)26(29(35)7-6-25-21(3)14-20(2)15-30(25)36)16-28-27(31)17-32-34(28)18-23-8-11-38-19-23/h14,16-17,23-24H,5-13,15,18-19H2,1-4H3. The van der Waals surface area contributed by atoms with Crippen LogP contribution >= 0.6 is 0 Å². The zero-order valence-corrected chi connectivity index (χ0v) is 23.3. The van der Waals surface area contributed by atoms with Crippen LogP contribution in [0.25, 0.3) is 10.9 Å². The van der Waals surface area contributed by atoms with Crippen LogP contribution < -0.4 is 4.90 Å². The van der Waals surface area contributed by atoms with Crippen molar-refractivity contribution < 1.29 is 19.1 Å². The number of hydrogen-bond acceptors (Lipinski definition) is 6. The van der Waals surface area contributed by atoms with Gasteiger partial charge < -0.3 is 14.4 Å². The molecular weight excluding hydrogens is 478 g/mol. The maximum Gasteiger partial charge on any atom is 0.163 e. The van der Waals surface area contributed by atoms with Crippen LogP contribution in [0.3, 0.4) is 0 Å². The summed E-state index contributed by atoms with van der Waals surface area (Å²) in [6.07, 6.45) is 8.30. The zero-order valence-electron chi connectivity index (χ0n) is 23.3. The van der Waals surface area contributed by atoms with Crippen LogP contribution in [0.2, 0.25) is 0 Å². The van der Waals surface area contributed by atoms with Gasteiger partial charge in [0.05, 0.1) is 24.0 Å². The average molecular weight is 520 g/mol. The molecular formula is C31H41N3O4. The van der Waals surface area contributed by atoms with E-state index in [1.807, 2.05) is 26.1 Å². The first-order chi connectivity index (χ1) is 18.4. The Kier molecular flexibility index (Phi) is 8.15. The summed E-state index contributed by atoms with van der Waals surface area (Å²) in [5.41, 5.74) is 6.76. The summed E-state index contributed by atoms with van der Waals surface area (Å²) in [5, 5.41) is 5.91. The third kappa shape index (κ3) is 5.36. The third-order valence-electron chi connectivity index (χ3n) is 8.51. The Morgan fingerprint density at radius 3 is 2.58 bits per heavy atom. The lowest BCUT2D eigenvalue weighted by atomic mass is 9.88. The van der Waals surface area contributed by atoms with Gasteiger partial charge in [0.2, 0.25) is 0 Å². The Morgan fingerprint density at radius 2 is 1.89 bits per heavy atom. The van der Waals surface area contributed by atoms with Crippen LogP contribution in [0.15, 0.2) is 35.1 Å². The predicted molar refractivity (Wildman–Crippen MR) is 150 cm³/mol. The first-order valence-corrected chi connectivity index (χ1v) is 14.2. The fourth-order valence-corrected chi connectivity index (χ4v) is 6.47. The topological polar surface area (TPSA) is 73.7 Å². The minimum Gasteiger partial charge on any atom is -0.381 e. The smallest absolute Gasteiger partial charge is 0.163 e. The average Bonchev–Trinajstić information content (AvgIpc) is 3.55. The van der Waals surface area contributed by atoms with Crippen LogP contribution in [-0.4, -0.2) is 60.4 Å². The van der Waals surface area contributed by atoms with E-state index in [2.05, 4.69) is 29.5 Å². The maximum atomic E-state index is 13.8. The summed E-state index contributed by atoms with van der Waals surface area (Å²) in [6.45, 7) is 13.0. The number of Topliss-reactive ketones (excluding diaryl/α,β-unsaturated/α-hetero) is 2. The van der Waals surface area contributed by atoms with Crippen molar-refractivity contribution in [3.63, 3.8) is 0 Å². The van der Waals surface area contributed by atoms with Gasteiger partial charge in [-0.3, -0.25) is 14.3 Å². The molecule has 3 aliphatic rings. The molecule has 38 heavy (non-hydrogen) atoms. The van der Waals surface area contributed by atoms with E-state index in [4.69, 9.17) is 14.6 Å². The van der Waals surface area contributed by atoms with Crippen molar-refractivity contribution in [1.82, 2.24) is 9.78 Å². The molecule has 1 aromatic carbocycles. The van der Waals surface area contributed by atoms with Crippen molar-refractivity contribution in [2.45, 2.75) is 78.8 Å². The van der Waals surface area contributed by atoms with Crippen LogP contribution in [0, 0.1) is 12.8 Å². The van der Waals surface area contributed by atoms with E-state index in [1.54, 1.807) is 0 Å². The van der Waals surface area contributed by atoms with Gasteiger partial charge >= 0.3 is 0 Å². The molecule has 1 atom stereocenters. The maximum absolute atomic E-state index is 13.8. The van der Waals surface area contributed by atoms with Gasteiger partial charge in [-0.15, -0.1) is 0 Å². The SMILES string of the molecule is CCN(c1c(C)c(C(=O)CCC2=C(C)C=C(C)CC2=O)cc2c1cnn2CC1CCOC1)C1CCOCC1. The second-order valence-corrected chi connectivity index (χ2v) is 11.2. The van der Waals surface area contributed by atoms with Crippen molar-refractivity contribution in [1.29, 1.82) is 0 Å². The highest BCUT2D eigenvalue weighted by molar-refractivity contribution is 6.07. The van der Waals surface area contributed by atoms with E-state index < -0.39 is 0 Å². The molecule has 1 aromatic heterocycles. The van der Waals surface area contributed by atoms with Gasteiger partial charge in [0.1, 0.15) is 0 Å². The van der Waals surface area contributed by atoms with E-state index >= 15 is 0 Å². The minimum atomic E-state index is 0.0880. The number of ether oxygens (including phenoxy) is 2. The van der Waals surface area contributed by atoms with Crippen molar-refractivity contribution in [2.24, 2.45) is 5.92 Å². The lowest BCUT2D eigenvalue weighted by Gasteiger charge is -2.37. The number of hydrogen-bond donors (Lipinski definition) is 0. The molecule has 2 aromatic rings. The molecule has 0 N–H and O–H groups in total. The number of fused-ring (bicyclic) bond motifs is 1. The highest BCUT2D eigenvalue weighted by atomic mass is 16.5. The molecule has 3 heterocycles. The molecule has 2 saturated heterocycles. The molecule has 1 unspecified atom stereocenters. The summed E-state index contributed by atoms with van der Waals surface area (Å²) in [4.78, 5) is 29.0. The van der Waals surface area contributed by atoms with E-state index in [1.165, 1.54) is 0 Å². The number of carbonyl (C=O) groups is 2. The van der Waals surface area contributed by atoms with Gasteiger partial charge in [0.15, 0.2) is 11.6 Å². The molecule has 7 nitrogen and oxygen atoms in total. The number of ketones is 2. The molecule has 7 heteroatoms. The highest BCUT2D eigenvalue weighted by Gasteiger charge is 2.28. The quantitative estimate of drug-likeness (QED) is 0.403. The van der Waals surface area contributed by atoms with Crippen molar-refractivity contribution >= 4 is 28.2 Å². The second-order valence-electron chi connectivity index (χ2n) is 11.2. The predicted octanol–water partition coefficient (Wildman–Crippen LogP) is 5.59. The minimum absolute atomic E-state index is 0.0880.